The second-order valence-electron chi connectivity index (χ2n) is 8.64. The third-order valence-corrected chi connectivity index (χ3v) is 7.91. The molecule has 190 valence electrons. The molecule has 4 aromatic rings. The summed E-state index contributed by atoms with van der Waals surface area (Å²) < 4.78 is 43.1. The van der Waals surface area contributed by atoms with Crippen molar-refractivity contribution in [2.45, 2.75) is 25.7 Å². The van der Waals surface area contributed by atoms with Gasteiger partial charge in [0.15, 0.2) is 0 Å². The Morgan fingerprint density at radius 1 is 0.973 bits per heavy atom. The molecule has 0 aliphatic carbocycles. The Labute approximate surface area is 215 Å². The number of aryl methyl sites for hydroxylation is 2. The normalized spacial score (nSPS) is 11.6. The van der Waals surface area contributed by atoms with Crippen molar-refractivity contribution in [3.05, 3.63) is 113 Å². The number of halogens is 1. The van der Waals surface area contributed by atoms with Crippen molar-refractivity contribution in [2.75, 3.05) is 11.4 Å². The Morgan fingerprint density at radius 3 is 2.27 bits per heavy atom. The van der Waals surface area contributed by atoms with Gasteiger partial charge in [-0.1, -0.05) is 29.8 Å². The first-order valence-corrected chi connectivity index (χ1v) is 13.0. The van der Waals surface area contributed by atoms with Crippen LogP contribution in [0, 0.1) is 26.6 Å². The van der Waals surface area contributed by atoms with Gasteiger partial charge in [0.05, 0.1) is 22.5 Å². The highest BCUT2D eigenvalue weighted by Crippen LogP contribution is 2.23. The highest BCUT2D eigenvalue weighted by Gasteiger charge is 2.21. The highest BCUT2D eigenvalue weighted by atomic mass is 32.2. The van der Waals surface area contributed by atoms with Crippen LogP contribution in [0.2, 0.25) is 0 Å². The molecule has 0 bridgehead atoms. The number of amides is 1. The van der Waals surface area contributed by atoms with Crippen LogP contribution in [-0.2, 0) is 10.0 Å². The van der Waals surface area contributed by atoms with E-state index in [0.717, 1.165) is 22.5 Å². The minimum absolute atomic E-state index is 0.186. The second-order valence-corrected chi connectivity index (χ2v) is 10.6. The van der Waals surface area contributed by atoms with Gasteiger partial charge < -0.3 is 4.57 Å². The molecule has 0 spiro atoms. The van der Waals surface area contributed by atoms with E-state index in [-0.39, 0.29) is 10.7 Å². The number of carbonyl (C=O) groups is 1. The molecule has 0 aliphatic heterocycles. The minimum atomic E-state index is -3.73. The molecule has 1 aromatic heterocycles. The maximum absolute atomic E-state index is 14.3. The zero-order chi connectivity index (χ0) is 26.7. The fourth-order valence-corrected chi connectivity index (χ4v) is 5.17. The van der Waals surface area contributed by atoms with Gasteiger partial charge >= 0.3 is 0 Å². The number of rotatable bonds is 7. The number of hydrogen-bond acceptors (Lipinski definition) is 4. The topological polar surface area (TPSA) is 83.8 Å². The Hall–Kier alpha value is -4.24. The molecule has 0 fully saturated rings. The molecule has 0 unspecified atom stereocenters. The number of carbonyl (C=O) groups excluding carboxylic acids is 1. The van der Waals surface area contributed by atoms with E-state index < -0.39 is 15.9 Å². The van der Waals surface area contributed by atoms with Crippen molar-refractivity contribution in [1.29, 1.82) is 0 Å². The predicted molar refractivity (Wildman–Crippen MR) is 143 cm³/mol. The standard InChI is InChI=1S/C28H27FN4O3S/c1-19-9-15-25(16-10-19)37(35,36)32(4)24-13-11-22(12-14-24)28(34)31-30-18-23-17-20(2)33(21(23)3)27-8-6-5-7-26(27)29/h5-18H,1-4H3,(H,31,34)/b30-18-. The number of nitrogens with zero attached hydrogens (tertiary/aromatic N) is 3. The zero-order valence-corrected chi connectivity index (χ0v) is 21.8. The molecular formula is C28H27FN4O3S. The monoisotopic (exact) mass is 518 g/mol. The number of sulfonamides is 1. The van der Waals surface area contributed by atoms with Crippen molar-refractivity contribution in [1.82, 2.24) is 9.99 Å². The SMILES string of the molecule is Cc1ccc(S(=O)(=O)N(C)c2ccc(C(=O)N/N=C\c3cc(C)n(-c4ccccc4F)c3C)cc2)cc1. The minimum Gasteiger partial charge on any atom is -0.315 e. The van der Waals surface area contributed by atoms with Gasteiger partial charge in [0.25, 0.3) is 15.9 Å². The average Bonchev–Trinajstić information content (AvgIpc) is 3.16. The lowest BCUT2D eigenvalue weighted by Crippen LogP contribution is -2.26. The molecule has 1 amide bonds. The Kier molecular flexibility index (Phi) is 7.26. The van der Waals surface area contributed by atoms with E-state index in [4.69, 9.17) is 0 Å². The number of hydrogen-bond donors (Lipinski definition) is 1. The number of para-hydroxylation sites is 1. The smallest absolute Gasteiger partial charge is 0.271 e. The third-order valence-electron chi connectivity index (χ3n) is 6.11. The maximum Gasteiger partial charge on any atom is 0.271 e. The average molecular weight is 519 g/mol. The van der Waals surface area contributed by atoms with Gasteiger partial charge in [-0.25, -0.2) is 18.2 Å². The Bertz CT molecular complexity index is 1570. The summed E-state index contributed by atoms with van der Waals surface area (Å²) in [5.74, 6) is -0.781. The van der Waals surface area contributed by atoms with E-state index in [0.29, 0.717) is 16.9 Å². The third kappa shape index (κ3) is 5.31. The quantitative estimate of drug-likeness (QED) is 0.272. The van der Waals surface area contributed by atoms with Crippen LogP contribution in [0.4, 0.5) is 10.1 Å². The molecule has 0 aliphatic rings. The van der Waals surface area contributed by atoms with Crippen molar-refractivity contribution in [2.24, 2.45) is 5.10 Å². The largest absolute Gasteiger partial charge is 0.315 e. The van der Waals surface area contributed by atoms with Crippen LogP contribution >= 0.6 is 0 Å². The summed E-state index contributed by atoms with van der Waals surface area (Å²) in [6, 6.07) is 21.2. The van der Waals surface area contributed by atoms with Gasteiger partial charge in [0.1, 0.15) is 5.82 Å². The van der Waals surface area contributed by atoms with E-state index in [9.17, 15) is 17.6 Å². The van der Waals surface area contributed by atoms with Crippen LogP contribution in [0.3, 0.4) is 0 Å². The number of nitrogens with one attached hydrogen (secondary N) is 1. The summed E-state index contributed by atoms with van der Waals surface area (Å²) in [5.41, 5.74) is 6.97. The lowest BCUT2D eigenvalue weighted by molar-refractivity contribution is 0.0955. The first-order chi connectivity index (χ1) is 17.6. The number of anilines is 1. The predicted octanol–water partition coefficient (Wildman–Crippen LogP) is 5.13. The summed E-state index contributed by atoms with van der Waals surface area (Å²) in [6.07, 6.45) is 1.51. The summed E-state index contributed by atoms with van der Waals surface area (Å²) in [4.78, 5) is 12.8. The second kappa shape index (κ2) is 10.4. The molecule has 0 atom stereocenters. The van der Waals surface area contributed by atoms with Crippen molar-refractivity contribution >= 4 is 27.8 Å². The van der Waals surface area contributed by atoms with E-state index in [1.807, 2.05) is 26.8 Å². The van der Waals surface area contributed by atoms with Gasteiger partial charge in [-0.15, -0.1) is 0 Å². The molecule has 1 N–H and O–H groups in total. The van der Waals surface area contributed by atoms with Crippen LogP contribution in [0.5, 0.6) is 0 Å². The van der Waals surface area contributed by atoms with Crippen LogP contribution in [-0.4, -0.2) is 32.2 Å². The van der Waals surface area contributed by atoms with Gasteiger partial charge in [0.2, 0.25) is 0 Å². The van der Waals surface area contributed by atoms with Crippen molar-refractivity contribution in [3.63, 3.8) is 0 Å². The van der Waals surface area contributed by atoms with Gasteiger partial charge in [-0.05, 0) is 75.4 Å². The molecule has 4 rings (SSSR count). The molecule has 0 saturated carbocycles. The summed E-state index contributed by atoms with van der Waals surface area (Å²) in [7, 11) is -2.27. The fourth-order valence-electron chi connectivity index (χ4n) is 3.98. The maximum atomic E-state index is 14.3. The number of aromatic nitrogens is 1. The van der Waals surface area contributed by atoms with Gasteiger partial charge in [-0.3, -0.25) is 9.10 Å². The zero-order valence-electron chi connectivity index (χ0n) is 20.9. The van der Waals surface area contributed by atoms with E-state index >= 15 is 0 Å². The van der Waals surface area contributed by atoms with Crippen molar-refractivity contribution < 1.29 is 17.6 Å². The van der Waals surface area contributed by atoms with E-state index in [1.165, 1.54) is 35.8 Å². The molecule has 37 heavy (non-hydrogen) atoms. The molecule has 1 heterocycles. The fraction of sp³-hybridized carbons (Fsp3) is 0.143. The number of hydrazone groups is 1. The van der Waals surface area contributed by atoms with Crippen LogP contribution in [0.15, 0.2) is 88.9 Å². The first-order valence-electron chi connectivity index (χ1n) is 11.5. The molecule has 0 radical (unpaired) electrons. The summed E-state index contributed by atoms with van der Waals surface area (Å²) >= 11 is 0. The Balaban J connectivity index is 1.45. The molecule has 3 aromatic carbocycles. The van der Waals surface area contributed by atoms with Crippen LogP contribution in [0.1, 0.15) is 32.9 Å². The van der Waals surface area contributed by atoms with Crippen LogP contribution < -0.4 is 9.73 Å². The van der Waals surface area contributed by atoms with Crippen LogP contribution in [0.25, 0.3) is 5.69 Å². The molecule has 7 nitrogen and oxygen atoms in total. The van der Waals surface area contributed by atoms with E-state index in [1.54, 1.807) is 59.2 Å². The lowest BCUT2D eigenvalue weighted by Gasteiger charge is -2.19. The number of benzene rings is 3. The summed E-state index contributed by atoms with van der Waals surface area (Å²) in [6.45, 7) is 5.60. The van der Waals surface area contributed by atoms with E-state index in [2.05, 4.69) is 10.5 Å². The molecular weight excluding hydrogens is 491 g/mol. The molecule has 0 saturated heterocycles. The summed E-state index contributed by atoms with van der Waals surface area (Å²) in [5, 5.41) is 4.05. The van der Waals surface area contributed by atoms with Crippen molar-refractivity contribution in [3.8, 4) is 5.69 Å². The molecule has 9 heteroatoms. The Morgan fingerprint density at radius 2 is 1.62 bits per heavy atom. The highest BCUT2D eigenvalue weighted by molar-refractivity contribution is 7.92. The first kappa shape index (κ1) is 25.8. The van der Waals surface area contributed by atoms with Gasteiger partial charge in [-0.2, -0.15) is 5.10 Å². The lowest BCUT2D eigenvalue weighted by atomic mass is 10.2. The van der Waals surface area contributed by atoms with Gasteiger partial charge in [0, 0.05) is 29.6 Å².